The predicted octanol–water partition coefficient (Wildman–Crippen LogP) is 5.15. The molecule has 0 saturated carbocycles. The summed E-state index contributed by atoms with van der Waals surface area (Å²) in [5, 5.41) is 15.3. The van der Waals surface area contributed by atoms with Crippen molar-refractivity contribution in [3.05, 3.63) is 90.0 Å². The highest BCUT2D eigenvalue weighted by Gasteiger charge is 2.22. The summed E-state index contributed by atoms with van der Waals surface area (Å²) in [6.07, 6.45) is 3.44. The standard InChI is InChI=1S/C28H27N7O2/c1-4-34-17-25(26(33-34)28(37)30-19-11-7-6-8-12-19)32-27(36)21-15-24(22-16-29-35(5-2)18(22)3)31-23-14-10-9-13-20(21)23/h6-17H,4-5H2,1-3H3,(H,30,37)(H,32,36). The Morgan fingerprint density at radius 2 is 1.68 bits per heavy atom. The molecular formula is C28H27N7O2. The normalized spacial score (nSPS) is 11.0. The van der Waals surface area contributed by atoms with Crippen molar-refractivity contribution in [1.29, 1.82) is 0 Å². The van der Waals surface area contributed by atoms with Crippen molar-refractivity contribution in [3.63, 3.8) is 0 Å². The van der Waals surface area contributed by atoms with Crippen LogP contribution in [0.3, 0.4) is 0 Å². The number of aromatic nitrogens is 5. The number of carbonyl (C=O) groups excluding carboxylic acids is 2. The molecule has 0 aliphatic carbocycles. The van der Waals surface area contributed by atoms with E-state index in [9.17, 15) is 9.59 Å². The van der Waals surface area contributed by atoms with Gasteiger partial charge in [-0.2, -0.15) is 10.2 Å². The highest BCUT2D eigenvalue weighted by atomic mass is 16.2. The Hall–Kier alpha value is -4.79. The van der Waals surface area contributed by atoms with Crippen LogP contribution in [0.1, 0.15) is 40.4 Å². The summed E-state index contributed by atoms with van der Waals surface area (Å²) in [6.45, 7) is 7.21. The second kappa shape index (κ2) is 10.1. The number of anilines is 2. The van der Waals surface area contributed by atoms with E-state index >= 15 is 0 Å². The molecular weight excluding hydrogens is 466 g/mol. The summed E-state index contributed by atoms with van der Waals surface area (Å²) in [5.74, 6) is -0.763. The number of hydrogen-bond acceptors (Lipinski definition) is 5. The average molecular weight is 494 g/mol. The van der Waals surface area contributed by atoms with Crippen molar-refractivity contribution in [2.75, 3.05) is 10.6 Å². The van der Waals surface area contributed by atoms with Crippen molar-refractivity contribution in [2.24, 2.45) is 0 Å². The summed E-state index contributed by atoms with van der Waals surface area (Å²) in [6, 6.07) is 18.4. The first kappa shape index (κ1) is 23.9. The van der Waals surface area contributed by atoms with E-state index in [0.717, 1.165) is 17.8 Å². The molecule has 0 aliphatic heterocycles. The van der Waals surface area contributed by atoms with E-state index in [2.05, 4.69) is 20.8 Å². The molecule has 2 aromatic carbocycles. The Bertz CT molecular complexity index is 1600. The number of benzene rings is 2. The van der Waals surface area contributed by atoms with Crippen LogP contribution in [-0.2, 0) is 13.1 Å². The predicted molar refractivity (Wildman–Crippen MR) is 144 cm³/mol. The van der Waals surface area contributed by atoms with Gasteiger partial charge in [0, 0.05) is 41.6 Å². The van der Waals surface area contributed by atoms with E-state index in [4.69, 9.17) is 4.98 Å². The molecule has 2 amide bonds. The third kappa shape index (κ3) is 4.71. The van der Waals surface area contributed by atoms with Crippen molar-refractivity contribution in [2.45, 2.75) is 33.9 Å². The number of carbonyl (C=O) groups is 2. The Balaban J connectivity index is 1.52. The SMILES string of the molecule is CCn1cc(NC(=O)c2cc(-c3cnn(CC)c3C)nc3ccccc23)c(C(=O)Nc2ccccc2)n1. The zero-order valence-corrected chi connectivity index (χ0v) is 20.9. The van der Waals surface area contributed by atoms with E-state index in [1.165, 1.54) is 0 Å². The third-order valence-electron chi connectivity index (χ3n) is 6.22. The van der Waals surface area contributed by atoms with Gasteiger partial charge in [0.25, 0.3) is 11.8 Å². The fourth-order valence-corrected chi connectivity index (χ4v) is 4.26. The molecule has 5 rings (SSSR count). The molecule has 0 bridgehead atoms. The van der Waals surface area contributed by atoms with E-state index in [1.807, 2.05) is 67.9 Å². The van der Waals surface area contributed by atoms with Gasteiger partial charge in [-0.3, -0.25) is 19.0 Å². The fourth-order valence-electron chi connectivity index (χ4n) is 4.26. The number of para-hydroxylation sites is 2. The van der Waals surface area contributed by atoms with E-state index in [-0.39, 0.29) is 11.6 Å². The maximum Gasteiger partial charge on any atom is 0.278 e. The molecule has 0 atom stereocenters. The Morgan fingerprint density at radius 1 is 0.919 bits per heavy atom. The lowest BCUT2D eigenvalue weighted by Gasteiger charge is -2.11. The molecule has 5 aromatic rings. The van der Waals surface area contributed by atoms with Crippen molar-refractivity contribution >= 4 is 34.1 Å². The molecule has 0 unspecified atom stereocenters. The monoisotopic (exact) mass is 493 g/mol. The minimum atomic E-state index is -0.406. The molecule has 0 saturated heterocycles. The summed E-state index contributed by atoms with van der Waals surface area (Å²) in [7, 11) is 0. The first-order chi connectivity index (χ1) is 18.0. The topological polar surface area (TPSA) is 107 Å². The molecule has 0 radical (unpaired) electrons. The largest absolute Gasteiger partial charge is 0.321 e. The molecule has 2 N–H and O–H groups in total. The van der Waals surface area contributed by atoms with Gasteiger partial charge in [0.1, 0.15) is 0 Å². The average Bonchev–Trinajstić information content (AvgIpc) is 3.51. The van der Waals surface area contributed by atoms with Crippen LogP contribution < -0.4 is 10.6 Å². The minimum Gasteiger partial charge on any atom is -0.321 e. The summed E-state index contributed by atoms with van der Waals surface area (Å²) < 4.78 is 3.51. The van der Waals surface area contributed by atoms with Gasteiger partial charge in [-0.15, -0.1) is 0 Å². The van der Waals surface area contributed by atoms with Gasteiger partial charge in [-0.25, -0.2) is 4.98 Å². The summed E-state index contributed by atoms with van der Waals surface area (Å²) in [5.41, 5.74) is 4.75. The van der Waals surface area contributed by atoms with Crippen LogP contribution in [0.15, 0.2) is 73.1 Å². The van der Waals surface area contributed by atoms with Crippen molar-refractivity contribution in [3.8, 4) is 11.3 Å². The summed E-state index contributed by atoms with van der Waals surface area (Å²) >= 11 is 0. The van der Waals surface area contributed by atoms with E-state index < -0.39 is 5.91 Å². The van der Waals surface area contributed by atoms with Gasteiger partial charge in [-0.05, 0) is 45.0 Å². The molecule has 3 aromatic heterocycles. The highest BCUT2D eigenvalue weighted by Crippen LogP contribution is 2.28. The number of rotatable bonds is 7. The maximum absolute atomic E-state index is 13.7. The second-order valence-electron chi connectivity index (χ2n) is 8.55. The molecule has 0 spiro atoms. The van der Waals surface area contributed by atoms with Crippen molar-refractivity contribution < 1.29 is 9.59 Å². The molecule has 3 heterocycles. The van der Waals surface area contributed by atoms with Crippen LogP contribution in [0.25, 0.3) is 22.2 Å². The molecule has 0 aliphatic rings. The minimum absolute atomic E-state index is 0.137. The number of pyridine rings is 1. The van der Waals surface area contributed by atoms with Crippen LogP contribution in [0.5, 0.6) is 0 Å². The van der Waals surface area contributed by atoms with Gasteiger partial charge < -0.3 is 10.6 Å². The first-order valence-corrected chi connectivity index (χ1v) is 12.2. The van der Waals surface area contributed by atoms with Crippen LogP contribution in [0, 0.1) is 6.92 Å². The number of amides is 2. The van der Waals surface area contributed by atoms with Gasteiger partial charge in [0.15, 0.2) is 5.69 Å². The third-order valence-corrected chi connectivity index (χ3v) is 6.22. The molecule has 0 fully saturated rings. The summed E-state index contributed by atoms with van der Waals surface area (Å²) in [4.78, 5) is 31.5. The maximum atomic E-state index is 13.7. The molecule has 9 heteroatoms. The van der Waals surface area contributed by atoms with Crippen LogP contribution in [-0.4, -0.2) is 36.4 Å². The number of fused-ring (bicyclic) bond motifs is 1. The van der Waals surface area contributed by atoms with Gasteiger partial charge >= 0.3 is 0 Å². The number of nitrogens with zero attached hydrogens (tertiary/aromatic N) is 5. The number of aryl methyl sites for hydroxylation is 2. The smallest absolute Gasteiger partial charge is 0.278 e. The lowest BCUT2D eigenvalue weighted by atomic mass is 10.0. The lowest BCUT2D eigenvalue weighted by molar-refractivity contribution is 0.102. The van der Waals surface area contributed by atoms with Gasteiger partial charge in [-0.1, -0.05) is 36.4 Å². The Kier molecular flexibility index (Phi) is 6.51. The second-order valence-corrected chi connectivity index (χ2v) is 8.55. The molecule has 186 valence electrons. The zero-order valence-electron chi connectivity index (χ0n) is 20.9. The van der Waals surface area contributed by atoms with Gasteiger partial charge in [0.05, 0.1) is 28.7 Å². The Morgan fingerprint density at radius 3 is 2.41 bits per heavy atom. The van der Waals surface area contributed by atoms with Crippen LogP contribution >= 0.6 is 0 Å². The highest BCUT2D eigenvalue weighted by molar-refractivity contribution is 6.15. The molecule has 9 nitrogen and oxygen atoms in total. The molecule has 37 heavy (non-hydrogen) atoms. The fraction of sp³-hybridized carbons (Fsp3) is 0.179. The van der Waals surface area contributed by atoms with Gasteiger partial charge in [0.2, 0.25) is 0 Å². The van der Waals surface area contributed by atoms with Crippen molar-refractivity contribution in [1.82, 2.24) is 24.5 Å². The van der Waals surface area contributed by atoms with Crippen LogP contribution in [0.2, 0.25) is 0 Å². The number of hydrogen-bond donors (Lipinski definition) is 2. The van der Waals surface area contributed by atoms with Crippen LogP contribution in [0.4, 0.5) is 11.4 Å². The number of nitrogens with one attached hydrogen (secondary N) is 2. The Labute approximate surface area is 214 Å². The quantitative estimate of drug-likeness (QED) is 0.326. The van der Waals surface area contributed by atoms with E-state index in [1.54, 1.807) is 35.3 Å². The zero-order chi connectivity index (χ0) is 25.9. The first-order valence-electron chi connectivity index (χ1n) is 12.2. The lowest BCUT2D eigenvalue weighted by Crippen LogP contribution is -2.18. The van der Waals surface area contributed by atoms with E-state index in [0.29, 0.717) is 40.1 Å².